The lowest BCUT2D eigenvalue weighted by Crippen LogP contribution is -2.54. The summed E-state index contributed by atoms with van der Waals surface area (Å²) in [5.74, 6) is -0.0241. The molecule has 1 N–H and O–H groups in total. The Morgan fingerprint density at radius 3 is 2.48 bits per heavy atom. The van der Waals surface area contributed by atoms with E-state index in [0.717, 1.165) is 54.7 Å². The number of fused-ring (bicyclic) bond motifs is 13. The average Bonchev–Trinajstić information content (AvgIpc) is 3.57. The van der Waals surface area contributed by atoms with Crippen LogP contribution in [0.25, 0.3) is 43.6 Å². The van der Waals surface area contributed by atoms with Crippen LogP contribution in [0.15, 0.2) is 53.7 Å². The molecule has 3 aliphatic heterocycles. The lowest BCUT2D eigenvalue weighted by atomic mass is 9.95. The molecule has 8 rings (SSSR count). The molecule has 3 aliphatic rings. The Balaban J connectivity index is 1.61. The van der Waals surface area contributed by atoms with Gasteiger partial charge in [-0.05, 0) is 38.5 Å². The van der Waals surface area contributed by atoms with Crippen LogP contribution < -0.4 is 0 Å². The first kappa shape index (κ1) is 23.9. The molecule has 9 nitrogen and oxygen atoms in total. The average molecular weight is 539 g/mol. The number of hydrogen-bond acceptors (Lipinski definition) is 6. The minimum Gasteiger partial charge on any atom is -0.411 e. The molecule has 5 heterocycles. The number of carbonyl (C=O) groups excluding carboxylic acids is 1. The van der Waals surface area contributed by atoms with Crippen LogP contribution in [0.2, 0.25) is 0 Å². The molecule has 0 aliphatic carbocycles. The summed E-state index contributed by atoms with van der Waals surface area (Å²) < 4.78 is 23.3. The first-order valence-corrected chi connectivity index (χ1v) is 13.7. The Morgan fingerprint density at radius 2 is 1.77 bits per heavy atom. The third kappa shape index (κ3) is 2.77. The normalized spacial score (nSPS) is 25.0. The molecule has 0 spiro atoms. The number of nitrogens with zero attached hydrogens (tertiary/aromatic N) is 4. The third-order valence-corrected chi connectivity index (χ3v) is 8.92. The van der Waals surface area contributed by atoms with Gasteiger partial charge >= 0.3 is 0 Å². The highest BCUT2D eigenvalue weighted by Crippen LogP contribution is 2.53. The van der Waals surface area contributed by atoms with E-state index in [4.69, 9.17) is 14.2 Å². The molecule has 2 aromatic heterocycles. The van der Waals surface area contributed by atoms with Crippen molar-refractivity contribution >= 4 is 55.2 Å². The van der Waals surface area contributed by atoms with Gasteiger partial charge in [-0.3, -0.25) is 4.79 Å². The molecule has 40 heavy (non-hydrogen) atoms. The van der Waals surface area contributed by atoms with Crippen molar-refractivity contribution in [3.05, 3.63) is 59.7 Å². The molecule has 0 unspecified atom stereocenters. The predicted octanol–water partition coefficient (Wildman–Crippen LogP) is 5.69. The van der Waals surface area contributed by atoms with Crippen molar-refractivity contribution in [1.29, 1.82) is 0 Å². The topological polar surface area (TPSA) is 90.4 Å². The second-order valence-electron chi connectivity index (χ2n) is 11.4. The highest BCUT2D eigenvalue weighted by Gasteiger charge is 2.52. The molecule has 1 saturated heterocycles. The van der Waals surface area contributed by atoms with E-state index in [1.54, 1.807) is 12.0 Å². The zero-order chi connectivity index (χ0) is 27.5. The Bertz CT molecular complexity index is 1930. The number of amides is 1. The number of ether oxygens (including phenoxy) is 3. The van der Waals surface area contributed by atoms with Crippen LogP contribution in [0, 0.1) is 0 Å². The van der Waals surface area contributed by atoms with E-state index in [1.807, 2.05) is 45.0 Å². The molecule has 3 aromatic carbocycles. The van der Waals surface area contributed by atoms with Crippen LogP contribution in [0.3, 0.4) is 0 Å². The van der Waals surface area contributed by atoms with E-state index in [9.17, 15) is 10.0 Å². The Hall–Kier alpha value is -3.92. The standard InChI is InChI=1S/C31H30N4O5/c1-16(2)39-15-33-14-19-24-18-10-6-8-12-22(18)35-28(24)27-25(26(19)30(33)36)17-9-5-7-11-21(17)34(27)23-13-20(32-37)29(38-4)31(35,3)40-23/h5-12,16,23,29,37H,13-15H2,1-4H3/b32-20-/t23-,29-,31+/m1/s1. The van der Waals surface area contributed by atoms with Crippen LogP contribution >= 0.6 is 0 Å². The molecule has 9 heteroatoms. The van der Waals surface area contributed by atoms with Gasteiger partial charge in [0.2, 0.25) is 0 Å². The molecule has 204 valence electrons. The molecular weight excluding hydrogens is 508 g/mol. The van der Waals surface area contributed by atoms with Crippen molar-refractivity contribution in [2.75, 3.05) is 13.8 Å². The van der Waals surface area contributed by atoms with Crippen LogP contribution in [-0.4, -0.2) is 56.9 Å². The fourth-order valence-corrected chi connectivity index (χ4v) is 7.45. The Kier molecular flexibility index (Phi) is 4.82. The van der Waals surface area contributed by atoms with Crippen molar-refractivity contribution < 1.29 is 24.2 Å². The number of hydrogen-bond donors (Lipinski definition) is 1. The number of benzene rings is 3. The van der Waals surface area contributed by atoms with Gasteiger partial charge in [0, 0.05) is 41.6 Å². The van der Waals surface area contributed by atoms with Crippen molar-refractivity contribution in [3.8, 4) is 0 Å². The van der Waals surface area contributed by atoms with Gasteiger partial charge in [0.15, 0.2) is 5.72 Å². The van der Waals surface area contributed by atoms with Gasteiger partial charge in [-0.15, -0.1) is 0 Å². The summed E-state index contributed by atoms with van der Waals surface area (Å²) in [4.78, 5) is 16.0. The van der Waals surface area contributed by atoms with E-state index in [1.165, 1.54) is 0 Å². The smallest absolute Gasteiger partial charge is 0.257 e. The quantitative estimate of drug-likeness (QED) is 0.235. The molecular formula is C31H30N4O5. The highest BCUT2D eigenvalue weighted by atomic mass is 16.6. The van der Waals surface area contributed by atoms with Crippen LogP contribution in [0.5, 0.6) is 0 Å². The van der Waals surface area contributed by atoms with E-state index in [0.29, 0.717) is 18.7 Å². The summed E-state index contributed by atoms with van der Waals surface area (Å²) >= 11 is 0. The van der Waals surface area contributed by atoms with E-state index >= 15 is 0 Å². The van der Waals surface area contributed by atoms with Gasteiger partial charge in [-0.2, -0.15) is 0 Å². The van der Waals surface area contributed by atoms with Crippen molar-refractivity contribution in [3.63, 3.8) is 0 Å². The summed E-state index contributed by atoms with van der Waals surface area (Å²) in [5, 5.41) is 17.9. The first-order valence-electron chi connectivity index (χ1n) is 13.7. The van der Waals surface area contributed by atoms with E-state index in [-0.39, 0.29) is 18.7 Å². The van der Waals surface area contributed by atoms with Gasteiger partial charge in [-0.25, -0.2) is 0 Å². The van der Waals surface area contributed by atoms with Gasteiger partial charge in [0.05, 0.1) is 39.4 Å². The number of carbonyl (C=O) groups is 1. The van der Waals surface area contributed by atoms with E-state index < -0.39 is 18.1 Å². The second kappa shape index (κ2) is 8.06. The summed E-state index contributed by atoms with van der Waals surface area (Å²) in [6.45, 7) is 6.65. The maximum absolute atomic E-state index is 14.2. The van der Waals surface area contributed by atoms with Gasteiger partial charge in [0.25, 0.3) is 5.91 Å². The zero-order valence-electron chi connectivity index (χ0n) is 22.8. The molecule has 0 saturated carbocycles. The number of methoxy groups -OCH3 is 1. The van der Waals surface area contributed by atoms with Gasteiger partial charge in [0.1, 0.15) is 19.1 Å². The lowest BCUT2D eigenvalue weighted by molar-refractivity contribution is -0.211. The Morgan fingerprint density at radius 1 is 1.07 bits per heavy atom. The van der Waals surface area contributed by atoms with E-state index in [2.05, 4.69) is 38.6 Å². The summed E-state index contributed by atoms with van der Waals surface area (Å²) in [5.41, 5.74) is 5.12. The van der Waals surface area contributed by atoms with Crippen LogP contribution in [0.4, 0.5) is 0 Å². The minimum atomic E-state index is -1.02. The van der Waals surface area contributed by atoms with Crippen LogP contribution in [-0.2, 0) is 26.5 Å². The molecule has 1 fully saturated rings. The molecule has 1 amide bonds. The molecule has 0 radical (unpaired) electrons. The number of para-hydroxylation sites is 2. The monoisotopic (exact) mass is 538 g/mol. The SMILES string of the molecule is CO[C@@H]1/C(=N\O)C[C@H]2O[C@]1(C)n1c3ccccc3c3c4c(c5c6ccccc6n2c5c31)C(=O)N(COC(C)C)C4. The van der Waals surface area contributed by atoms with Crippen molar-refractivity contribution in [2.45, 2.75) is 57.9 Å². The molecule has 5 aromatic rings. The predicted molar refractivity (Wildman–Crippen MR) is 152 cm³/mol. The number of oxime groups is 1. The molecule has 3 atom stereocenters. The summed E-state index contributed by atoms with van der Waals surface area (Å²) in [6, 6.07) is 16.4. The maximum atomic E-state index is 14.2. The number of aromatic nitrogens is 2. The summed E-state index contributed by atoms with van der Waals surface area (Å²) in [7, 11) is 1.62. The molecule has 2 bridgehead atoms. The van der Waals surface area contributed by atoms with Gasteiger partial charge in [-0.1, -0.05) is 41.6 Å². The maximum Gasteiger partial charge on any atom is 0.257 e. The Labute approximate surface area is 230 Å². The zero-order valence-corrected chi connectivity index (χ0v) is 22.8. The highest BCUT2D eigenvalue weighted by molar-refractivity contribution is 6.31. The van der Waals surface area contributed by atoms with Gasteiger partial charge < -0.3 is 33.5 Å². The van der Waals surface area contributed by atoms with Crippen molar-refractivity contribution in [2.24, 2.45) is 5.16 Å². The lowest BCUT2D eigenvalue weighted by Gasteiger charge is -2.44. The summed E-state index contributed by atoms with van der Waals surface area (Å²) in [6.07, 6.45) is -0.732. The fraction of sp³-hybridized carbons (Fsp3) is 0.355. The first-order chi connectivity index (χ1) is 19.4. The fourth-order valence-electron chi connectivity index (χ4n) is 7.45. The minimum absolute atomic E-state index is 0.0100. The second-order valence-corrected chi connectivity index (χ2v) is 11.4. The van der Waals surface area contributed by atoms with Crippen LogP contribution in [0.1, 0.15) is 49.3 Å². The number of rotatable bonds is 4. The third-order valence-electron chi connectivity index (χ3n) is 8.92. The largest absolute Gasteiger partial charge is 0.411 e. The van der Waals surface area contributed by atoms with Crippen molar-refractivity contribution in [1.82, 2.24) is 14.0 Å².